The van der Waals surface area contributed by atoms with Gasteiger partial charge in [-0.05, 0) is 32.8 Å². The maximum atomic E-state index is 11.8. The number of hydrogen-bond acceptors (Lipinski definition) is 4. The first-order valence-electron chi connectivity index (χ1n) is 6.00. The van der Waals surface area contributed by atoms with Crippen molar-refractivity contribution < 1.29 is 19.1 Å². The summed E-state index contributed by atoms with van der Waals surface area (Å²) in [5.41, 5.74) is 0.0501. The average molecular weight is 255 g/mol. The molecule has 1 aliphatic rings. The molecule has 0 aromatic heterocycles. The molecule has 0 radical (unpaired) electrons. The number of ether oxygens (including phenoxy) is 2. The van der Waals surface area contributed by atoms with Crippen LogP contribution >= 0.6 is 0 Å². The molecule has 0 aliphatic carbocycles. The number of hydrogen-bond donors (Lipinski definition) is 0. The van der Waals surface area contributed by atoms with Gasteiger partial charge >= 0.3 is 6.16 Å². The maximum absolute atomic E-state index is 11.8. The van der Waals surface area contributed by atoms with Crippen LogP contribution in [0.5, 0.6) is 0 Å². The zero-order valence-corrected chi connectivity index (χ0v) is 11.8. The van der Waals surface area contributed by atoms with Gasteiger partial charge in [0.2, 0.25) is 6.23 Å². The van der Waals surface area contributed by atoms with Crippen LogP contribution in [0.1, 0.15) is 34.6 Å². The van der Waals surface area contributed by atoms with Crippen LogP contribution in [0.25, 0.3) is 0 Å². The number of likely N-dealkylation sites (N-methyl/N-ethyl adjacent to an activating group) is 1. The van der Waals surface area contributed by atoms with Gasteiger partial charge in [0.05, 0.1) is 0 Å². The fourth-order valence-corrected chi connectivity index (χ4v) is 1.58. The molecule has 0 saturated heterocycles. The molecule has 1 amide bonds. The van der Waals surface area contributed by atoms with Gasteiger partial charge in [-0.2, -0.15) is 0 Å². The van der Waals surface area contributed by atoms with Gasteiger partial charge in [-0.25, -0.2) is 4.79 Å². The molecule has 1 unspecified atom stereocenters. The van der Waals surface area contributed by atoms with E-state index in [0.717, 1.165) is 0 Å². The number of amides is 1. The van der Waals surface area contributed by atoms with E-state index >= 15 is 0 Å². The Morgan fingerprint density at radius 1 is 1.39 bits per heavy atom. The maximum Gasteiger partial charge on any atom is 0.510 e. The van der Waals surface area contributed by atoms with Gasteiger partial charge in [0, 0.05) is 12.6 Å². The minimum atomic E-state index is -0.770. The van der Waals surface area contributed by atoms with Gasteiger partial charge in [0.15, 0.2) is 0 Å². The van der Waals surface area contributed by atoms with E-state index in [1.165, 1.54) is 4.90 Å². The van der Waals surface area contributed by atoms with E-state index in [1.54, 1.807) is 33.9 Å². The summed E-state index contributed by atoms with van der Waals surface area (Å²) in [5.74, 6) is -0.00857. The Kier molecular flexibility index (Phi) is 4.04. The minimum Gasteiger partial charge on any atom is -0.429 e. The van der Waals surface area contributed by atoms with Crippen molar-refractivity contribution in [3.05, 3.63) is 11.6 Å². The molecular formula is C13H21NO4. The van der Waals surface area contributed by atoms with Crippen LogP contribution in [0.3, 0.4) is 0 Å². The summed E-state index contributed by atoms with van der Waals surface area (Å²) in [5, 5.41) is 0. The third-order valence-corrected chi connectivity index (χ3v) is 2.50. The lowest BCUT2D eigenvalue weighted by molar-refractivity contribution is -0.131. The molecule has 0 saturated carbocycles. The Bertz CT molecular complexity index is 379. The summed E-state index contributed by atoms with van der Waals surface area (Å²) in [6, 6.07) is 0. The third kappa shape index (κ3) is 3.48. The second kappa shape index (κ2) is 5.00. The van der Waals surface area contributed by atoms with Crippen molar-refractivity contribution in [3.8, 4) is 0 Å². The molecule has 0 aromatic rings. The van der Waals surface area contributed by atoms with E-state index < -0.39 is 18.0 Å². The minimum absolute atomic E-state index is 0.104. The Balaban J connectivity index is 2.69. The number of carbonyl (C=O) groups excluding carboxylic acids is 2. The van der Waals surface area contributed by atoms with Crippen molar-refractivity contribution in [2.75, 3.05) is 7.05 Å². The van der Waals surface area contributed by atoms with E-state index in [2.05, 4.69) is 0 Å². The predicted molar refractivity (Wildman–Crippen MR) is 66.8 cm³/mol. The molecule has 0 bridgehead atoms. The zero-order valence-electron chi connectivity index (χ0n) is 11.8. The molecule has 0 spiro atoms. The SMILES string of the molecule is CC(C)C1=CC(OC(=O)OC(C)(C)C)N(C)C1=O. The van der Waals surface area contributed by atoms with Gasteiger partial charge < -0.3 is 14.4 Å². The van der Waals surface area contributed by atoms with E-state index in [9.17, 15) is 9.59 Å². The summed E-state index contributed by atoms with van der Waals surface area (Å²) in [7, 11) is 1.60. The highest BCUT2D eigenvalue weighted by Gasteiger charge is 2.34. The molecular weight excluding hydrogens is 234 g/mol. The molecule has 1 heterocycles. The van der Waals surface area contributed by atoms with E-state index in [-0.39, 0.29) is 11.8 Å². The monoisotopic (exact) mass is 255 g/mol. The molecule has 0 aromatic carbocycles. The second-order valence-electron chi connectivity index (χ2n) is 5.67. The highest BCUT2D eigenvalue weighted by molar-refractivity contribution is 5.96. The van der Waals surface area contributed by atoms with Crippen LogP contribution < -0.4 is 0 Å². The summed E-state index contributed by atoms with van der Waals surface area (Å²) in [4.78, 5) is 24.8. The van der Waals surface area contributed by atoms with Crippen molar-refractivity contribution in [3.63, 3.8) is 0 Å². The summed E-state index contributed by atoms with van der Waals surface area (Å²) in [6.07, 6.45) is 0.217. The third-order valence-electron chi connectivity index (χ3n) is 2.50. The molecule has 1 atom stereocenters. The molecule has 5 nitrogen and oxygen atoms in total. The highest BCUT2D eigenvalue weighted by atomic mass is 16.7. The van der Waals surface area contributed by atoms with E-state index in [0.29, 0.717) is 5.57 Å². The topological polar surface area (TPSA) is 55.8 Å². The molecule has 1 rings (SSSR count). The molecule has 5 heteroatoms. The lowest BCUT2D eigenvalue weighted by Gasteiger charge is -2.23. The fraction of sp³-hybridized carbons (Fsp3) is 0.692. The summed E-state index contributed by atoms with van der Waals surface area (Å²) in [6.45, 7) is 9.12. The Hall–Kier alpha value is -1.52. The van der Waals surface area contributed by atoms with Crippen LogP contribution in [0.15, 0.2) is 11.6 Å². The molecule has 1 aliphatic heterocycles. The first kappa shape index (κ1) is 14.5. The number of nitrogens with zero attached hydrogens (tertiary/aromatic N) is 1. The van der Waals surface area contributed by atoms with Crippen molar-refractivity contribution >= 4 is 12.1 Å². The van der Waals surface area contributed by atoms with Crippen molar-refractivity contribution in [1.82, 2.24) is 4.90 Å². The van der Waals surface area contributed by atoms with Crippen LogP contribution in [-0.2, 0) is 14.3 Å². The lowest BCUT2D eigenvalue weighted by Crippen LogP contribution is -2.36. The Morgan fingerprint density at radius 3 is 2.33 bits per heavy atom. The van der Waals surface area contributed by atoms with E-state index in [1.807, 2.05) is 13.8 Å². The van der Waals surface area contributed by atoms with Crippen molar-refractivity contribution in [1.29, 1.82) is 0 Å². The zero-order chi connectivity index (χ0) is 14.1. The normalized spacial score (nSPS) is 20.2. The average Bonchev–Trinajstić information content (AvgIpc) is 2.43. The van der Waals surface area contributed by atoms with Gasteiger partial charge in [0.1, 0.15) is 5.60 Å². The van der Waals surface area contributed by atoms with Gasteiger partial charge in [-0.15, -0.1) is 0 Å². The van der Waals surface area contributed by atoms with Crippen LogP contribution in [0.4, 0.5) is 4.79 Å². The van der Waals surface area contributed by atoms with E-state index in [4.69, 9.17) is 9.47 Å². The molecule has 0 fully saturated rings. The first-order valence-corrected chi connectivity index (χ1v) is 6.00. The highest BCUT2D eigenvalue weighted by Crippen LogP contribution is 2.24. The smallest absolute Gasteiger partial charge is 0.429 e. The van der Waals surface area contributed by atoms with Gasteiger partial charge in [-0.3, -0.25) is 4.79 Å². The number of carbonyl (C=O) groups is 2. The second-order valence-corrected chi connectivity index (χ2v) is 5.67. The van der Waals surface area contributed by atoms with Crippen LogP contribution in [-0.4, -0.2) is 35.8 Å². The van der Waals surface area contributed by atoms with Gasteiger partial charge in [0.25, 0.3) is 5.91 Å². The summed E-state index contributed by atoms with van der Waals surface area (Å²) < 4.78 is 10.2. The lowest BCUT2D eigenvalue weighted by atomic mass is 10.0. The Morgan fingerprint density at radius 2 is 1.94 bits per heavy atom. The Labute approximate surface area is 108 Å². The molecule has 0 N–H and O–H groups in total. The van der Waals surface area contributed by atoms with Gasteiger partial charge in [-0.1, -0.05) is 13.8 Å². The predicted octanol–water partition coefficient (Wildman–Crippen LogP) is 2.32. The largest absolute Gasteiger partial charge is 0.510 e. The number of rotatable bonds is 2. The van der Waals surface area contributed by atoms with Crippen LogP contribution in [0.2, 0.25) is 0 Å². The van der Waals surface area contributed by atoms with Crippen molar-refractivity contribution in [2.24, 2.45) is 5.92 Å². The van der Waals surface area contributed by atoms with Crippen molar-refractivity contribution in [2.45, 2.75) is 46.4 Å². The first-order chi connectivity index (χ1) is 8.11. The summed E-state index contributed by atoms with van der Waals surface area (Å²) >= 11 is 0. The molecule has 18 heavy (non-hydrogen) atoms. The fourth-order valence-electron chi connectivity index (χ4n) is 1.58. The quantitative estimate of drug-likeness (QED) is 0.710. The van der Waals surface area contributed by atoms with Crippen LogP contribution in [0, 0.1) is 5.92 Å². The molecule has 102 valence electrons. The standard InChI is InChI=1S/C13H21NO4/c1-8(2)9-7-10(14(6)11(9)15)17-12(16)18-13(3,4)5/h7-8,10H,1-6H3.